The number of nitrogens with zero attached hydrogens (tertiary/aromatic N) is 2. The number of rotatable bonds is 9. The van der Waals surface area contributed by atoms with Gasteiger partial charge < -0.3 is 18.9 Å². The summed E-state index contributed by atoms with van der Waals surface area (Å²) in [7, 11) is 1.62. The highest BCUT2D eigenvalue weighted by atomic mass is 16.5. The summed E-state index contributed by atoms with van der Waals surface area (Å²) in [6.45, 7) is 7.17. The van der Waals surface area contributed by atoms with E-state index >= 15 is 0 Å². The molecule has 2 unspecified atom stereocenters. The Morgan fingerprint density at radius 2 is 1.58 bits per heavy atom. The van der Waals surface area contributed by atoms with Crippen molar-refractivity contribution in [3.8, 4) is 17.2 Å². The summed E-state index contributed by atoms with van der Waals surface area (Å²) in [4.78, 5) is 44.4. The van der Waals surface area contributed by atoms with Gasteiger partial charge in [-0.1, -0.05) is 6.08 Å². The molecule has 230 valence electrons. The number of hydrogen-bond acceptors (Lipinski definition) is 9. The first-order valence-electron chi connectivity index (χ1n) is 14.9. The predicted octanol–water partition coefficient (Wildman–Crippen LogP) is 6.18. The van der Waals surface area contributed by atoms with Crippen LogP contribution in [0.25, 0.3) is 10.9 Å². The van der Waals surface area contributed by atoms with Gasteiger partial charge in [0.05, 0.1) is 29.8 Å². The molecule has 4 heterocycles. The molecule has 3 aliphatic rings. The first-order chi connectivity index (χ1) is 21.8. The maximum atomic E-state index is 13.7. The molecule has 5 atom stereocenters. The fraction of sp³-hybridized carbons (Fsp3) is 0.278. The van der Waals surface area contributed by atoms with Gasteiger partial charge in [0.2, 0.25) is 0 Å². The number of esters is 3. The maximum Gasteiger partial charge on any atom is 0.343 e. The second-order valence-corrected chi connectivity index (χ2v) is 11.4. The van der Waals surface area contributed by atoms with Crippen molar-refractivity contribution >= 4 is 28.8 Å². The van der Waals surface area contributed by atoms with E-state index < -0.39 is 24.0 Å². The highest BCUT2D eigenvalue weighted by molar-refractivity contribution is 5.92. The van der Waals surface area contributed by atoms with Gasteiger partial charge in [0.1, 0.15) is 23.4 Å². The Bertz CT molecular complexity index is 1740. The van der Waals surface area contributed by atoms with Crippen molar-refractivity contribution < 1.29 is 33.3 Å². The number of carbonyl (C=O) groups is 3. The van der Waals surface area contributed by atoms with E-state index in [4.69, 9.17) is 18.9 Å². The maximum absolute atomic E-state index is 13.7. The van der Waals surface area contributed by atoms with Gasteiger partial charge >= 0.3 is 17.9 Å². The van der Waals surface area contributed by atoms with Crippen molar-refractivity contribution in [3.63, 3.8) is 0 Å². The van der Waals surface area contributed by atoms with Crippen LogP contribution in [0.1, 0.15) is 52.1 Å². The minimum Gasteiger partial charge on any atom is -0.497 e. The standard InChI is InChI=1S/C36H34N2O7/c1-4-23-21-38-18-16-26(23)19-33(38)34(30-15-17-37-32-14-13-29(42-3)20-31(30)32)45-36(41)25-7-11-28(12-8-25)44-35(40)24-5-9-27(10-6-24)43-22(2)39/h4-15,17,20,23,26,33-34H,1,16,18-19,21H2,2-3H3/t23-,26?,33-,34+/m0/s1. The van der Waals surface area contributed by atoms with Crippen LogP contribution in [-0.4, -0.2) is 54.0 Å². The van der Waals surface area contributed by atoms with Crippen LogP contribution in [0.3, 0.4) is 0 Å². The molecule has 0 radical (unpaired) electrons. The molecule has 4 aromatic rings. The van der Waals surface area contributed by atoms with Gasteiger partial charge in [0, 0.05) is 30.6 Å². The summed E-state index contributed by atoms with van der Waals surface area (Å²) in [6.07, 6.45) is 5.24. The van der Waals surface area contributed by atoms with E-state index in [2.05, 4.69) is 16.5 Å². The largest absolute Gasteiger partial charge is 0.497 e. The summed E-state index contributed by atoms with van der Waals surface area (Å²) in [5.74, 6) is 0.691. The molecule has 0 aliphatic carbocycles. The second-order valence-electron chi connectivity index (χ2n) is 11.4. The van der Waals surface area contributed by atoms with Gasteiger partial charge in [-0.15, -0.1) is 6.58 Å². The Hall–Kier alpha value is -5.02. The van der Waals surface area contributed by atoms with Gasteiger partial charge in [0.25, 0.3) is 0 Å². The number of piperidine rings is 3. The third-order valence-electron chi connectivity index (χ3n) is 8.68. The molecule has 3 fully saturated rings. The van der Waals surface area contributed by atoms with Crippen molar-refractivity contribution in [2.24, 2.45) is 11.8 Å². The summed E-state index contributed by atoms with van der Waals surface area (Å²) >= 11 is 0. The van der Waals surface area contributed by atoms with Crippen LogP contribution in [0, 0.1) is 11.8 Å². The van der Waals surface area contributed by atoms with Crippen LogP contribution >= 0.6 is 0 Å². The lowest BCUT2D eigenvalue weighted by Crippen LogP contribution is -2.55. The molecule has 0 saturated carbocycles. The number of methoxy groups -OCH3 is 1. The van der Waals surface area contributed by atoms with Crippen molar-refractivity contribution in [1.82, 2.24) is 9.88 Å². The summed E-state index contributed by atoms with van der Waals surface area (Å²) in [5.41, 5.74) is 2.29. The lowest BCUT2D eigenvalue weighted by molar-refractivity contribution is -0.131. The molecule has 9 nitrogen and oxygen atoms in total. The molecule has 0 amide bonds. The highest BCUT2D eigenvalue weighted by Gasteiger charge is 2.44. The zero-order chi connectivity index (χ0) is 31.5. The monoisotopic (exact) mass is 606 g/mol. The summed E-state index contributed by atoms with van der Waals surface area (Å²) < 4.78 is 22.4. The van der Waals surface area contributed by atoms with Crippen LogP contribution in [-0.2, 0) is 9.53 Å². The zero-order valence-corrected chi connectivity index (χ0v) is 25.2. The molecule has 3 aliphatic heterocycles. The molecule has 1 aromatic heterocycles. The number of fused-ring (bicyclic) bond motifs is 4. The molecule has 7 rings (SSSR count). The van der Waals surface area contributed by atoms with Crippen molar-refractivity contribution in [1.29, 1.82) is 0 Å². The Balaban J connectivity index is 1.23. The fourth-order valence-electron chi connectivity index (χ4n) is 6.40. The van der Waals surface area contributed by atoms with E-state index in [0.717, 1.165) is 42.4 Å². The molecule has 0 spiro atoms. The van der Waals surface area contributed by atoms with Gasteiger partial charge in [-0.25, -0.2) is 9.59 Å². The molecule has 0 N–H and O–H groups in total. The average Bonchev–Trinajstić information content (AvgIpc) is 3.07. The van der Waals surface area contributed by atoms with E-state index in [9.17, 15) is 14.4 Å². The van der Waals surface area contributed by atoms with Crippen LogP contribution < -0.4 is 14.2 Å². The Morgan fingerprint density at radius 3 is 2.20 bits per heavy atom. The Kier molecular flexibility index (Phi) is 8.62. The predicted molar refractivity (Wildman–Crippen MR) is 167 cm³/mol. The van der Waals surface area contributed by atoms with E-state index in [0.29, 0.717) is 28.9 Å². The zero-order valence-electron chi connectivity index (χ0n) is 25.2. The van der Waals surface area contributed by atoms with E-state index in [1.807, 2.05) is 30.3 Å². The SMILES string of the molecule is C=C[C@H]1CN2CCC1C[C@H]2[C@H](OC(=O)c1ccc(OC(=O)c2ccc(OC(C)=O)cc2)cc1)c1ccnc2ccc(OC)cc12. The number of ether oxygens (including phenoxy) is 4. The van der Waals surface area contributed by atoms with Gasteiger partial charge in [0.15, 0.2) is 0 Å². The van der Waals surface area contributed by atoms with E-state index in [1.54, 1.807) is 37.6 Å². The third-order valence-corrected chi connectivity index (χ3v) is 8.68. The highest BCUT2D eigenvalue weighted by Crippen LogP contribution is 2.44. The smallest absolute Gasteiger partial charge is 0.343 e. The Morgan fingerprint density at radius 1 is 0.911 bits per heavy atom. The lowest BCUT2D eigenvalue weighted by atomic mass is 9.73. The average molecular weight is 607 g/mol. The number of hydrogen-bond donors (Lipinski definition) is 0. The minimum absolute atomic E-state index is 0.00633. The van der Waals surface area contributed by atoms with Crippen molar-refractivity contribution in [3.05, 3.63) is 108 Å². The number of carbonyl (C=O) groups excluding carboxylic acids is 3. The summed E-state index contributed by atoms with van der Waals surface area (Å²) in [6, 6.07) is 20.0. The fourth-order valence-corrected chi connectivity index (χ4v) is 6.40. The Labute approximate surface area is 261 Å². The number of aromatic nitrogens is 1. The van der Waals surface area contributed by atoms with E-state index in [1.165, 1.54) is 31.2 Å². The van der Waals surface area contributed by atoms with Crippen LogP contribution in [0.4, 0.5) is 0 Å². The molecule has 2 bridgehead atoms. The van der Waals surface area contributed by atoms with Crippen molar-refractivity contribution in [2.45, 2.75) is 31.9 Å². The topological polar surface area (TPSA) is 104 Å². The molecule has 9 heteroatoms. The van der Waals surface area contributed by atoms with Crippen LogP contribution in [0.2, 0.25) is 0 Å². The molecule has 45 heavy (non-hydrogen) atoms. The lowest BCUT2D eigenvalue weighted by Gasteiger charge is -2.51. The quantitative estimate of drug-likeness (QED) is 0.125. The van der Waals surface area contributed by atoms with Crippen molar-refractivity contribution in [2.75, 3.05) is 20.2 Å². The normalized spacial score (nSPS) is 21.0. The van der Waals surface area contributed by atoms with Crippen LogP contribution in [0.5, 0.6) is 17.2 Å². The van der Waals surface area contributed by atoms with Gasteiger partial charge in [-0.3, -0.25) is 14.7 Å². The molecule has 3 saturated heterocycles. The first kappa shape index (κ1) is 30.0. The van der Waals surface area contributed by atoms with E-state index in [-0.39, 0.29) is 17.4 Å². The summed E-state index contributed by atoms with van der Waals surface area (Å²) in [5, 5.41) is 0.876. The van der Waals surface area contributed by atoms with Gasteiger partial charge in [-0.2, -0.15) is 0 Å². The molecule has 3 aromatic carbocycles. The molecular formula is C36H34N2O7. The number of pyridine rings is 1. The third kappa shape index (κ3) is 6.44. The van der Waals surface area contributed by atoms with Crippen LogP contribution in [0.15, 0.2) is 91.6 Å². The molecular weight excluding hydrogens is 572 g/mol. The second kappa shape index (κ2) is 12.9. The first-order valence-corrected chi connectivity index (χ1v) is 14.9. The number of benzene rings is 3. The minimum atomic E-state index is -0.584. The van der Waals surface area contributed by atoms with Gasteiger partial charge in [-0.05, 0) is 104 Å².